The zero-order chi connectivity index (χ0) is 13.3. The number of nitrogens with zero attached hydrogens (tertiary/aromatic N) is 2. The van der Waals surface area contributed by atoms with Gasteiger partial charge in [0.2, 0.25) is 0 Å². The molecule has 1 unspecified atom stereocenters. The van der Waals surface area contributed by atoms with Gasteiger partial charge in [0.1, 0.15) is 11.6 Å². The zero-order valence-electron chi connectivity index (χ0n) is 9.62. The summed E-state index contributed by atoms with van der Waals surface area (Å²) in [5, 5.41) is 0.0346. The lowest BCUT2D eigenvalue weighted by Gasteiger charge is -2.06. The van der Waals surface area contributed by atoms with Gasteiger partial charge in [0, 0.05) is 35.4 Å². The maximum absolute atomic E-state index is 13.5. The summed E-state index contributed by atoms with van der Waals surface area (Å²) < 4.78 is 26.4. The quantitative estimate of drug-likeness (QED) is 0.814. The largest absolute Gasteiger partial charge is 0.326 e. The molecule has 0 radical (unpaired) electrons. The third-order valence-corrected chi connectivity index (χ3v) is 3.88. The van der Waals surface area contributed by atoms with Crippen molar-refractivity contribution in [1.29, 1.82) is 0 Å². The van der Waals surface area contributed by atoms with E-state index in [4.69, 9.17) is 23.2 Å². The van der Waals surface area contributed by atoms with Gasteiger partial charge < -0.3 is 4.57 Å². The number of benzene rings is 1. The van der Waals surface area contributed by atoms with E-state index in [2.05, 4.69) is 4.98 Å². The highest BCUT2D eigenvalue weighted by Gasteiger charge is 2.13. The first-order chi connectivity index (χ1) is 8.52. The van der Waals surface area contributed by atoms with Crippen molar-refractivity contribution in [1.82, 2.24) is 9.55 Å². The van der Waals surface area contributed by atoms with Crippen LogP contribution in [0.5, 0.6) is 0 Å². The fraction of sp³-hybridized carbons (Fsp3) is 0.364. The van der Waals surface area contributed by atoms with Gasteiger partial charge in [-0.15, -0.1) is 11.6 Å². The second-order valence-electron chi connectivity index (χ2n) is 3.85. The van der Waals surface area contributed by atoms with Crippen molar-refractivity contribution in [2.45, 2.75) is 12.4 Å². The van der Waals surface area contributed by atoms with Crippen LogP contribution in [0.25, 0.3) is 11.0 Å². The van der Waals surface area contributed by atoms with Gasteiger partial charge in [0.15, 0.2) is 0 Å². The van der Waals surface area contributed by atoms with Gasteiger partial charge in [-0.05, 0) is 6.07 Å². The van der Waals surface area contributed by atoms with Crippen molar-refractivity contribution < 1.29 is 8.60 Å². The lowest BCUT2D eigenvalue weighted by Crippen LogP contribution is -2.09. The topological polar surface area (TPSA) is 34.9 Å². The van der Waals surface area contributed by atoms with E-state index < -0.39 is 16.6 Å². The third kappa shape index (κ3) is 2.68. The normalized spacial score (nSPS) is 13.1. The van der Waals surface area contributed by atoms with E-state index in [-0.39, 0.29) is 10.9 Å². The fourth-order valence-electron chi connectivity index (χ4n) is 1.74. The number of alkyl halides is 1. The minimum absolute atomic E-state index is 0.0346. The van der Waals surface area contributed by atoms with Gasteiger partial charge in [-0.2, -0.15) is 0 Å². The fourth-order valence-corrected chi connectivity index (χ4v) is 2.54. The minimum Gasteiger partial charge on any atom is -0.326 e. The molecule has 0 fully saturated rings. The van der Waals surface area contributed by atoms with E-state index >= 15 is 0 Å². The molecule has 0 bridgehead atoms. The summed E-state index contributed by atoms with van der Waals surface area (Å²) in [6.07, 6.45) is 1.62. The average Bonchev–Trinajstić information content (AvgIpc) is 2.64. The van der Waals surface area contributed by atoms with Crippen LogP contribution in [-0.2, 0) is 23.2 Å². The molecule has 3 nitrogen and oxygen atoms in total. The van der Waals surface area contributed by atoms with Crippen molar-refractivity contribution in [3.05, 3.63) is 28.8 Å². The highest BCUT2D eigenvalue weighted by atomic mass is 35.5. The molecule has 2 rings (SSSR count). The smallest absolute Gasteiger partial charge is 0.144 e. The highest BCUT2D eigenvalue weighted by molar-refractivity contribution is 7.84. The van der Waals surface area contributed by atoms with Gasteiger partial charge in [-0.25, -0.2) is 9.37 Å². The van der Waals surface area contributed by atoms with Crippen molar-refractivity contribution in [3.63, 3.8) is 0 Å². The lowest BCUT2D eigenvalue weighted by atomic mass is 10.3. The predicted molar refractivity (Wildman–Crippen MR) is 73.2 cm³/mol. The second kappa shape index (κ2) is 5.55. The summed E-state index contributed by atoms with van der Waals surface area (Å²) >= 11 is 11.5. The Labute approximate surface area is 116 Å². The van der Waals surface area contributed by atoms with Crippen LogP contribution in [0.4, 0.5) is 4.39 Å². The maximum Gasteiger partial charge on any atom is 0.144 e. The molecule has 0 N–H and O–H groups in total. The van der Waals surface area contributed by atoms with Gasteiger partial charge in [0.05, 0.1) is 21.9 Å². The lowest BCUT2D eigenvalue weighted by molar-refractivity contribution is 0.628. The first kappa shape index (κ1) is 13.8. The Balaban J connectivity index is 2.53. The molecular weight excluding hydrogens is 298 g/mol. The molecule has 0 amide bonds. The van der Waals surface area contributed by atoms with Gasteiger partial charge in [0.25, 0.3) is 0 Å². The number of hydrogen-bond acceptors (Lipinski definition) is 2. The molecule has 1 heterocycles. The molecule has 0 aliphatic rings. The third-order valence-electron chi connectivity index (χ3n) is 2.59. The average molecular weight is 309 g/mol. The van der Waals surface area contributed by atoms with Crippen LogP contribution >= 0.6 is 23.2 Å². The van der Waals surface area contributed by atoms with Gasteiger partial charge in [-0.1, -0.05) is 11.6 Å². The molecule has 0 spiro atoms. The molecule has 0 saturated heterocycles. The first-order valence-electron chi connectivity index (χ1n) is 5.23. The maximum atomic E-state index is 13.5. The van der Waals surface area contributed by atoms with Crippen LogP contribution in [0.3, 0.4) is 0 Å². The molecule has 0 aliphatic carbocycles. The Kier molecular flexibility index (Phi) is 4.25. The molecule has 7 heteroatoms. The number of rotatable bonds is 4. The summed E-state index contributed by atoms with van der Waals surface area (Å²) in [6, 6.07) is 2.81. The molecule has 98 valence electrons. The molecule has 1 aromatic heterocycles. The molecular formula is C11H11Cl2FN2OS. The van der Waals surface area contributed by atoms with E-state index in [1.54, 1.807) is 10.8 Å². The molecule has 2 aromatic rings. The van der Waals surface area contributed by atoms with E-state index in [1.807, 2.05) is 0 Å². The predicted octanol–water partition coefficient (Wildman–Crippen LogP) is 2.95. The summed E-state index contributed by atoms with van der Waals surface area (Å²) in [6.45, 7) is 0.489. The van der Waals surface area contributed by atoms with Crippen molar-refractivity contribution in [3.8, 4) is 0 Å². The number of aromatic nitrogens is 2. The number of halogens is 3. The highest BCUT2D eigenvalue weighted by Crippen LogP contribution is 2.24. The Morgan fingerprint density at radius 1 is 1.50 bits per heavy atom. The number of imidazole rings is 1. The summed E-state index contributed by atoms with van der Waals surface area (Å²) in [5.74, 6) is 0.812. The van der Waals surface area contributed by atoms with Crippen molar-refractivity contribution >= 4 is 45.0 Å². The van der Waals surface area contributed by atoms with E-state index in [0.29, 0.717) is 29.2 Å². The SMILES string of the molecule is CS(=O)CCn1c(CCl)nc2cc(Cl)c(F)cc21. The van der Waals surface area contributed by atoms with Gasteiger partial charge in [-0.3, -0.25) is 4.21 Å². The van der Waals surface area contributed by atoms with E-state index in [0.717, 1.165) is 0 Å². The monoisotopic (exact) mass is 308 g/mol. The number of hydrogen-bond donors (Lipinski definition) is 0. The van der Waals surface area contributed by atoms with Crippen LogP contribution in [0.15, 0.2) is 12.1 Å². The molecule has 1 atom stereocenters. The van der Waals surface area contributed by atoms with Crippen molar-refractivity contribution in [2.24, 2.45) is 0 Å². The van der Waals surface area contributed by atoms with Crippen LogP contribution in [0, 0.1) is 5.82 Å². The van der Waals surface area contributed by atoms with Crippen molar-refractivity contribution in [2.75, 3.05) is 12.0 Å². The molecule has 18 heavy (non-hydrogen) atoms. The minimum atomic E-state index is -0.925. The van der Waals surface area contributed by atoms with Crippen LogP contribution in [-0.4, -0.2) is 25.8 Å². The Morgan fingerprint density at radius 2 is 2.22 bits per heavy atom. The summed E-state index contributed by atoms with van der Waals surface area (Å²) in [4.78, 5) is 4.29. The number of aryl methyl sites for hydroxylation is 1. The Hall–Kier alpha value is -0.650. The zero-order valence-corrected chi connectivity index (χ0v) is 11.9. The van der Waals surface area contributed by atoms with E-state index in [9.17, 15) is 8.60 Å². The summed E-state index contributed by atoms with van der Waals surface area (Å²) in [7, 11) is -0.925. The van der Waals surface area contributed by atoms with Gasteiger partial charge >= 0.3 is 0 Å². The molecule has 0 aliphatic heterocycles. The molecule has 1 aromatic carbocycles. The van der Waals surface area contributed by atoms with Crippen LogP contribution in [0.2, 0.25) is 5.02 Å². The van der Waals surface area contributed by atoms with Crippen LogP contribution < -0.4 is 0 Å². The Morgan fingerprint density at radius 3 is 2.83 bits per heavy atom. The second-order valence-corrected chi connectivity index (χ2v) is 6.07. The van der Waals surface area contributed by atoms with Crippen LogP contribution in [0.1, 0.15) is 5.82 Å². The number of fused-ring (bicyclic) bond motifs is 1. The standard InChI is InChI=1S/C11H11Cl2FN2OS/c1-18(17)3-2-16-10-5-8(14)7(13)4-9(10)15-11(16)6-12/h4-5H,2-3,6H2,1H3. The Bertz CT molecular complexity index is 615. The first-order valence-corrected chi connectivity index (χ1v) is 7.87. The molecule has 0 saturated carbocycles. The summed E-state index contributed by atoms with van der Waals surface area (Å²) in [5.41, 5.74) is 1.22. The van der Waals surface area contributed by atoms with E-state index in [1.165, 1.54) is 12.1 Å².